The first kappa shape index (κ1) is 22.1. The monoisotopic (exact) mass is 492 g/mol. The van der Waals surface area contributed by atoms with E-state index in [1.807, 2.05) is 77.2 Å². The predicted octanol–water partition coefficient (Wildman–Crippen LogP) is 4.37. The van der Waals surface area contributed by atoms with Gasteiger partial charge in [-0.15, -0.1) is 10.2 Å². The van der Waals surface area contributed by atoms with Crippen LogP contribution in [0.5, 0.6) is 0 Å². The molecule has 0 radical (unpaired) electrons. The van der Waals surface area contributed by atoms with Crippen LogP contribution in [0.1, 0.15) is 22.5 Å². The third kappa shape index (κ3) is 4.40. The second kappa shape index (κ2) is 8.58. The molecule has 0 saturated heterocycles. The molecule has 0 atom stereocenters. The van der Waals surface area contributed by atoms with Crippen LogP contribution in [-0.2, 0) is 16.6 Å². The molecular formula is C24H21ClN6O2S. The predicted molar refractivity (Wildman–Crippen MR) is 134 cm³/mol. The van der Waals surface area contributed by atoms with Gasteiger partial charge in [0.1, 0.15) is 11.5 Å². The van der Waals surface area contributed by atoms with Gasteiger partial charge >= 0.3 is 0 Å². The zero-order valence-corrected chi connectivity index (χ0v) is 20.0. The fourth-order valence-corrected chi connectivity index (χ4v) is 4.57. The highest BCUT2D eigenvalue weighted by Crippen LogP contribution is 2.31. The van der Waals surface area contributed by atoms with Crippen LogP contribution in [0.4, 0.5) is 11.6 Å². The third-order valence-corrected chi connectivity index (χ3v) is 6.23. The van der Waals surface area contributed by atoms with E-state index in [2.05, 4.69) is 14.9 Å². The Morgan fingerprint density at radius 1 is 0.941 bits per heavy atom. The second-order valence-electron chi connectivity index (χ2n) is 7.98. The zero-order valence-electron chi connectivity index (χ0n) is 18.5. The standard InChI is InChI=1S/C24H21ClN6O2S/c1-16-26-27-24-30(15-17-7-13-20(14-8-17)29-34(2,32)33)28-23(18-9-11-19(25)12-10-18)21-5-3-4-6-22(21)31(16)24/h3-14,29H,15H2,1-2H3. The first-order chi connectivity index (χ1) is 16.3. The number of nitrogens with zero attached hydrogens (tertiary/aromatic N) is 5. The third-order valence-electron chi connectivity index (χ3n) is 5.37. The molecular weight excluding hydrogens is 472 g/mol. The summed E-state index contributed by atoms with van der Waals surface area (Å²) < 4.78 is 27.5. The minimum atomic E-state index is -3.34. The van der Waals surface area contributed by atoms with Crippen molar-refractivity contribution in [2.75, 3.05) is 16.0 Å². The van der Waals surface area contributed by atoms with Crippen molar-refractivity contribution in [1.29, 1.82) is 0 Å². The van der Waals surface area contributed by atoms with Crippen LogP contribution in [0.15, 0.2) is 77.9 Å². The average molecular weight is 493 g/mol. The Bertz CT molecular complexity index is 1500. The van der Waals surface area contributed by atoms with E-state index in [0.717, 1.165) is 40.2 Å². The smallest absolute Gasteiger partial charge is 0.252 e. The number of sulfonamides is 1. The largest absolute Gasteiger partial charge is 0.284 e. The molecule has 0 saturated carbocycles. The van der Waals surface area contributed by atoms with E-state index in [9.17, 15) is 8.42 Å². The van der Waals surface area contributed by atoms with Crippen molar-refractivity contribution in [3.8, 4) is 5.69 Å². The van der Waals surface area contributed by atoms with Crippen LogP contribution in [0.2, 0.25) is 5.02 Å². The van der Waals surface area contributed by atoms with Gasteiger partial charge in [0.2, 0.25) is 10.0 Å². The fourth-order valence-electron chi connectivity index (χ4n) is 3.88. The number of benzene rings is 3. The SMILES string of the molecule is Cc1nnc2n1-c1ccccc1C(c1ccc(Cl)cc1)=NN2Cc1ccc(NS(C)(=O)=O)cc1. The van der Waals surface area contributed by atoms with Crippen LogP contribution in [0.25, 0.3) is 5.69 Å². The Morgan fingerprint density at radius 3 is 2.35 bits per heavy atom. The number of rotatable bonds is 5. The maximum atomic E-state index is 11.5. The van der Waals surface area contributed by atoms with Gasteiger partial charge in [0, 0.05) is 21.8 Å². The topological polar surface area (TPSA) is 92.5 Å². The summed E-state index contributed by atoms with van der Waals surface area (Å²) in [7, 11) is -3.34. The molecule has 0 bridgehead atoms. The molecule has 5 rings (SSSR count). The van der Waals surface area contributed by atoms with Crippen molar-refractivity contribution in [1.82, 2.24) is 14.8 Å². The first-order valence-electron chi connectivity index (χ1n) is 10.5. The summed E-state index contributed by atoms with van der Waals surface area (Å²) in [6.07, 6.45) is 1.12. The number of aryl methyl sites for hydroxylation is 1. The van der Waals surface area contributed by atoms with Crippen LogP contribution in [0, 0.1) is 6.92 Å². The fraction of sp³-hybridized carbons (Fsp3) is 0.125. The lowest BCUT2D eigenvalue weighted by Crippen LogP contribution is -2.20. The Kier molecular flexibility index (Phi) is 5.59. The van der Waals surface area contributed by atoms with Gasteiger partial charge in [-0.1, -0.05) is 54.1 Å². The Balaban J connectivity index is 1.61. The first-order valence-corrected chi connectivity index (χ1v) is 12.8. The van der Waals surface area contributed by atoms with Crippen molar-refractivity contribution in [2.24, 2.45) is 5.10 Å². The van der Waals surface area contributed by atoms with E-state index in [1.54, 1.807) is 12.1 Å². The molecule has 3 aromatic carbocycles. The van der Waals surface area contributed by atoms with Crippen LogP contribution >= 0.6 is 11.6 Å². The van der Waals surface area contributed by atoms with Gasteiger partial charge in [-0.05, 0) is 42.8 Å². The lowest BCUT2D eigenvalue weighted by atomic mass is 10.0. The van der Waals surface area contributed by atoms with Crippen molar-refractivity contribution in [2.45, 2.75) is 13.5 Å². The molecule has 0 spiro atoms. The summed E-state index contributed by atoms with van der Waals surface area (Å²) in [6, 6.07) is 22.8. The van der Waals surface area contributed by atoms with E-state index in [4.69, 9.17) is 16.7 Å². The molecule has 34 heavy (non-hydrogen) atoms. The van der Waals surface area contributed by atoms with Gasteiger partial charge in [-0.25, -0.2) is 13.4 Å². The van der Waals surface area contributed by atoms with Gasteiger partial charge in [-0.3, -0.25) is 9.29 Å². The zero-order chi connectivity index (χ0) is 23.9. The lowest BCUT2D eigenvalue weighted by molar-refractivity contribution is 0.607. The van der Waals surface area contributed by atoms with Gasteiger partial charge in [0.05, 0.1) is 18.5 Å². The highest BCUT2D eigenvalue weighted by molar-refractivity contribution is 7.92. The number of nitrogens with one attached hydrogen (secondary N) is 1. The van der Waals surface area contributed by atoms with Crippen LogP contribution < -0.4 is 9.73 Å². The molecule has 1 aliphatic heterocycles. The molecule has 4 aromatic rings. The number of halogens is 1. The molecule has 0 unspecified atom stereocenters. The van der Waals surface area contributed by atoms with Gasteiger partial charge < -0.3 is 0 Å². The number of hydrazone groups is 1. The summed E-state index contributed by atoms with van der Waals surface area (Å²) in [5, 5.41) is 16.2. The average Bonchev–Trinajstić information content (AvgIpc) is 3.12. The van der Waals surface area contributed by atoms with E-state index in [-0.39, 0.29) is 0 Å². The second-order valence-corrected chi connectivity index (χ2v) is 10.2. The summed E-state index contributed by atoms with van der Waals surface area (Å²) in [5.41, 5.74) is 5.02. The number of hydrogen-bond donors (Lipinski definition) is 1. The summed E-state index contributed by atoms with van der Waals surface area (Å²) in [6.45, 7) is 2.31. The molecule has 8 nitrogen and oxygen atoms in total. The number of para-hydroxylation sites is 1. The van der Waals surface area contributed by atoms with Crippen molar-refractivity contribution in [3.63, 3.8) is 0 Å². The lowest BCUT2D eigenvalue weighted by Gasteiger charge is -2.18. The number of aromatic nitrogens is 3. The Hall–Kier alpha value is -3.69. The van der Waals surface area contributed by atoms with Crippen molar-refractivity contribution < 1.29 is 8.42 Å². The van der Waals surface area contributed by atoms with Gasteiger partial charge in [0.25, 0.3) is 5.95 Å². The Labute approximate surface area is 202 Å². The molecule has 2 heterocycles. The quantitative estimate of drug-likeness (QED) is 0.446. The molecule has 172 valence electrons. The summed E-state index contributed by atoms with van der Waals surface area (Å²) in [4.78, 5) is 0. The maximum absolute atomic E-state index is 11.5. The maximum Gasteiger partial charge on any atom is 0.252 e. The molecule has 10 heteroatoms. The number of fused-ring (bicyclic) bond motifs is 3. The highest BCUT2D eigenvalue weighted by atomic mass is 35.5. The van der Waals surface area contributed by atoms with E-state index in [0.29, 0.717) is 23.2 Å². The molecule has 1 aliphatic rings. The normalized spacial score (nSPS) is 13.0. The molecule has 0 amide bonds. The summed E-state index contributed by atoms with van der Waals surface area (Å²) in [5.74, 6) is 1.33. The van der Waals surface area contributed by atoms with Crippen LogP contribution in [0.3, 0.4) is 0 Å². The number of anilines is 2. The van der Waals surface area contributed by atoms with Gasteiger partial charge in [-0.2, -0.15) is 5.10 Å². The Morgan fingerprint density at radius 2 is 1.65 bits per heavy atom. The molecule has 0 aliphatic carbocycles. The molecule has 0 fully saturated rings. The minimum Gasteiger partial charge on any atom is -0.284 e. The highest BCUT2D eigenvalue weighted by Gasteiger charge is 2.26. The van der Waals surface area contributed by atoms with E-state index >= 15 is 0 Å². The number of hydrogen-bond acceptors (Lipinski definition) is 6. The van der Waals surface area contributed by atoms with Crippen LogP contribution in [-0.4, -0.2) is 35.1 Å². The minimum absolute atomic E-state index is 0.405. The molecule has 1 N–H and O–H groups in total. The van der Waals surface area contributed by atoms with E-state index < -0.39 is 10.0 Å². The van der Waals surface area contributed by atoms with Gasteiger partial charge in [0.15, 0.2) is 0 Å². The van der Waals surface area contributed by atoms with Crippen molar-refractivity contribution in [3.05, 3.63) is 100 Å². The van der Waals surface area contributed by atoms with E-state index in [1.165, 1.54) is 0 Å². The van der Waals surface area contributed by atoms with Crippen molar-refractivity contribution >= 4 is 39.0 Å². The molecule has 1 aromatic heterocycles. The summed E-state index contributed by atoms with van der Waals surface area (Å²) >= 11 is 6.13.